The second kappa shape index (κ2) is 6.18. The average molecular weight is 306 g/mol. The zero-order valence-corrected chi connectivity index (χ0v) is 13.2. The van der Waals surface area contributed by atoms with Crippen LogP contribution in [0.3, 0.4) is 0 Å². The summed E-state index contributed by atoms with van der Waals surface area (Å²) in [7, 11) is 3.85. The quantitative estimate of drug-likeness (QED) is 0.872. The van der Waals surface area contributed by atoms with E-state index < -0.39 is 0 Å². The Hall–Kier alpha value is -1.36. The molecule has 2 heterocycles. The molecule has 0 aliphatic carbocycles. The number of fused-ring (bicyclic) bond motifs is 1. The van der Waals surface area contributed by atoms with Crippen molar-refractivity contribution in [1.29, 1.82) is 0 Å². The van der Waals surface area contributed by atoms with Crippen molar-refractivity contribution in [2.75, 3.05) is 45.2 Å². The fourth-order valence-electron chi connectivity index (χ4n) is 2.77. The van der Waals surface area contributed by atoms with Gasteiger partial charge in [-0.2, -0.15) is 0 Å². The Bertz CT molecular complexity index is 639. The third-order valence-electron chi connectivity index (χ3n) is 3.94. The highest BCUT2D eigenvalue weighted by atomic mass is 35.5. The smallest absolute Gasteiger partial charge is 0.0936 e. The van der Waals surface area contributed by atoms with Crippen molar-refractivity contribution in [2.45, 2.75) is 6.61 Å². The third-order valence-corrected chi connectivity index (χ3v) is 4.16. The molecule has 0 bridgehead atoms. The summed E-state index contributed by atoms with van der Waals surface area (Å²) in [6.07, 6.45) is 1.89. The number of ether oxygens (including phenoxy) is 1. The summed E-state index contributed by atoms with van der Waals surface area (Å²) in [5.41, 5.74) is 3.22. The Morgan fingerprint density at radius 2 is 1.95 bits per heavy atom. The standard InChI is InChI=1S/C16H20ClN3O/c1-19-3-5-20(6-4-19)15-9-14(17)8-13-7-12(11-21-2)10-18-16(13)15/h7-10H,3-6,11H2,1-2H3. The van der Waals surface area contributed by atoms with Gasteiger partial charge in [-0.05, 0) is 30.8 Å². The van der Waals surface area contributed by atoms with E-state index in [-0.39, 0.29) is 0 Å². The molecule has 1 aromatic carbocycles. The van der Waals surface area contributed by atoms with Gasteiger partial charge in [-0.1, -0.05) is 11.6 Å². The van der Waals surface area contributed by atoms with Crippen LogP contribution in [0.4, 0.5) is 5.69 Å². The number of likely N-dealkylation sites (N-methyl/N-ethyl adjacent to an activating group) is 1. The molecule has 0 amide bonds. The molecule has 1 aromatic heterocycles. The Kier molecular flexibility index (Phi) is 4.29. The van der Waals surface area contributed by atoms with Crippen molar-refractivity contribution in [1.82, 2.24) is 9.88 Å². The lowest BCUT2D eigenvalue weighted by Gasteiger charge is -2.34. The van der Waals surface area contributed by atoms with Gasteiger partial charge < -0.3 is 14.5 Å². The largest absolute Gasteiger partial charge is 0.380 e. The zero-order chi connectivity index (χ0) is 14.8. The molecule has 1 aliphatic heterocycles. The number of piperazine rings is 1. The van der Waals surface area contributed by atoms with Crippen molar-refractivity contribution >= 4 is 28.2 Å². The van der Waals surface area contributed by atoms with E-state index in [2.05, 4.69) is 27.9 Å². The number of anilines is 1. The maximum atomic E-state index is 6.31. The molecule has 1 saturated heterocycles. The van der Waals surface area contributed by atoms with Gasteiger partial charge in [0, 0.05) is 49.9 Å². The predicted octanol–water partition coefficient (Wildman–Crippen LogP) is 2.79. The minimum Gasteiger partial charge on any atom is -0.380 e. The summed E-state index contributed by atoms with van der Waals surface area (Å²) in [5, 5.41) is 1.83. The molecule has 4 nitrogen and oxygen atoms in total. The van der Waals surface area contributed by atoms with Crippen LogP contribution in [0.5, 0.6) is 0 Å². The van der Waals surface area contributed by atoms with Crippen LogP contribution in [0.25, 0.3) is 10.9 Å². The molecule has 0 atom stereocenters. The first-order valence-electron chi connectivity index (χ1n) is 7.18. The lowest BCUT2D eigenvalue weighted by atomic mass is 10.1. The number of aromatic nitrogens is 1. The Balaban J connectivity index is 2.01. The number of nitrogens with zero attached hydrogens (tertiary/aromatic N) is 3. The molecule has 0 unspecified atom stereocenters. The second-order valence-electron chi connectivity index (χ2n) is 5.56. The highest BCUT2D eigenvalue weighted by molar-refractivity contribution is 6.31. The van der Waals surface area contributed by atoms with Gasteiger partial charge in [0.1, 0.15) is 0 Å². The van der Waals surface area contributed by atoms with E-state index in [1.165, 1.54) is 0 Å². The topological polar surface area (TPSA) is 28.6 Å². The molecule has 2 aromatic rings. The minimum absolute atomic E-state index is 0.569. The van der Waals surface area contributed by atoms with Crippen molar-refractivity contribution in [3.63, 3.8) is 0 Å². The van der Waals surface area contributed by atoms with Crippen LogP contribution in [-0.2, 0) is 11.3 Å². The maximum absolute atomic E-state index is 6.31. The van der Waals surface area contributed by atoms with Gasteiger partial charge in [0.2, 0.25) is 0 Å². The number of benzene rings is 1. The normalized spacial score (nSPS) is 16.6. The van der Waals surface area contributed by atoms with Crippen LogP contribution in [0.1, 0.15) is 5.56 Å². The van der Waals surface area contributed by atoms with Gasteiger partial charge in [-0.15, -0.1) is 0 Å². The van der Waals surface area contributed by atoms with Crippen molar-refractivity contribution < 1.29 is 4.74 Å². The van der Waals surface area contributed by atoms with Crippen molar-refractivity contribution in [3.05, 3.63) is 35.0 Å². The van der Waals surface area contributed by atoms with E-state index in [4.69, 9.17) is 16.3 Å². The number of methoxy groups -OCH3 is 1. The van der Waals surface area contributed by atoms with Crippen LogP contribution in [-0.4, -0.2) is 50.2 Å². The molecule has 1 fully saturated rings. The zero-order valence-electron chi connectivity index (χ0n) is 12.5. The Labute approximate surface area is 130 Å². The molecule has 3 rings (SSSR count). The summed E-state index contributed by atoms with van der Waals surface area (Å²) in [6.45, 7) is 4.71. The molecule has 0 saturated carbocycles. The van der Waals surface area contributed by atoms with E-state index in [9.17, 15) is 0 Å². The van der Waals surface area contributed by atoms with Crippen LogP contribution >= 0.6 is 11.6 Å². The molecule has 1 aliphatic rings. The lowest BCUT2D eigenvalue weighted by Crippen LogP contribution is -2.44. The number of hydrogen-bond donors (Lipinski definition) is 0. The number of pyridine rings is 1. The highest BCUT2D eigenvalue weighted by Gasteiger charge is 2.17. The summed E-state index contributed by atoms with van der Waals surface area (Å²) >= 11 is 6.31. The average Bonchev–Trinajstić information content (AvgIpc) is 2.47. The van der Waals surface area contributed by atoms with Gasteiger partial charge in [0.05, 0.1) is 17.8 Å². The molecule has 0 spiro atoms. The fourth-order valence-corrected chi connectivity index (χ4v) is 3.00. The molecule has 21 heavy (non-hydrogen) atoms. The first kappa shape index (κ1) is 14.6. The summed E-state index contributed by atoms with van der Waals surface area (Å²) in [6, 6.07) is 6.11. The summed E-state index contributed by atoms with van der Waals surface area (Å²) in [4.78, 5) is 9.35. The van der Waals surface area contributed by atoms with E-state index in [0.29, 0.717) is 6.61 Å². The minimum atomic E-state index is 0.569. The molecule has 0 radical (unpaired) electrons. The van der Waals surface area contributed by atoms with Crippen LogP contribution in [0, 0.1) is 0 Å². The van der Waals surface area contributed by atoms with Crippen LogP contribution in [0.15, 0.2) is 24.4 Å². The first-order valence-corrected chi connectivity index (χ1v) is 7.56. The molecule has 0 N–H and O–H groups in total. The SMILES string of the molecule is COCc1cnc2c(N3CCN(C)CC3)cc(Cl)cc2c1. The van der Waals surface area contributed by atoms with E-state index in [0.717, 1.165) is 53.4 Å². The molecular formula is C16H20ClN3O. The first-order chi connectivity index (χ1) is 10.2. The van der Waals surface area contributed by atoms with Gasteiger partial charge >= 0.3 is 0 Å². The number of rotatable bonds is 3. The van der Waals surface area contributed by atoms with Gasteiger partial charge in [-0.3, -0.25) is 4.98 Å². The van der Waals surface area contributed by atoms with Crippen LogP contribution in [0.2, 0.25) is 5.02 Å². The molecular weight excluding hydrogens is 286 g/mol. The predicted molar refractivity (Wildman–Crippen MR) is 87.2 cm³/mol. The lowest BCUT2D eigenvalue weighted by molar-refractivity contribution is 0.185. The highest BCUT2D eigenvalue weighted by Crippen LogP contribution is 2.30. The second-order valence-corrected chi connectivity index (χ2v) is 6.00. The fraction of sp³-hybridized carbons (Fsp3) is 0.438. The van der Waals surface area contributed by atoms with Crippen molar-refractivity contribution in [2.24, 2.45) is 0 Å². The van der Waals surface area contributed by atoms with E-state index in [1.54, 1.807) is 7.11 Å². The molecule has 112 valence electrons. The number of halogens is 1. The Morgan fingerprint density at radius 3 is 2.67 bits per heavy atom. The maximum Gasteiger partial charge on any atom is 0.0936 e. The summed E-state index contributed by atoms with van der Waals surface area (Å²) < 4.78 is 5.18. The van der Waals surface area contributed by atoms with Crippen molar-refractivity contribution in [3.8, 4) is 0 Å². The monoisotopic (exact) mass is 305 g/mol. The summed E-state index contributed by atoms with van der Waals surface area (Å²) in [5.74, 6) is 0. The van der Waals surface area contributed by atoms with Gasteiger partial charge in [-0.25, -0.2) is 0 Å². The van der Waals surface area contributed by atoms with Crippen LogP contribution < -0.4 is 4.90 Å². The number of hydrogen-bond acceptors (Lipinski definition) is 4. The molecule has 5 heteroatoms. The van der Waals surface area contributed by atoms with E-state index >= 15 is 0 Å². The van der Waals surface area contributed by atoms with E-state index in [1.807, 2.05) is 18.3 Å². The third kappa shape index (κ3) is 3.12. The van der Waals surface area contributed by atoms with Gasteiger partial charge in [0.25, 0.3) is 0 Å². The van der Waals surface area contributed by atoms with Gasteiger partial charge in [0.15, 0.2) is 0 Å². The Morgan fingerprint density at radius 1 is 1.19 bits per heavy atom.